The predicted octanol–water partition coefficient (Wildman–Crippen LogP) is 7.03. The van der Waals surface area contributed by atoms with Crippen molar-refractivity contribution in [3.8, 4) is 17.6 Å². The van der Waals surface area contributed by atoms with Crippen molar-refractivity contribution in [1.82, 2.24) is 14.9 Å². The van der Waals surface area contributed by atoms with Gasteiger partial charge in [-0.1, -0.05) is 35.6 Å². The average Bonchev–Trinajstić information content (AvgIpc) is 3.42. The van der Waals surface area contributed by atoms with Gasteiger partial charge in [-0.15, -0.1) is 11.3 Å². The van der Waals surface area contributed by atoms with Crippen LogP contribution in [0.25, 0.3) is 10.2 Å². The lowest BCUT2D eigenvalue weighted by molar-refractivity contribution is 0.284. The average molecular weight is 533 g/mol. The molecule has 1 aliphatic carbocycles. The van der Waals surface area contributed by atoms with Gasteiger partial charge in [0.25, 0.3) is 0 Å². The van der Waals surface area contributed by atoms with Crippen LogP contribution in [0.4, 0.5) is 15.9 Å². The predicted molar refractivity (Wildman–Crippen MR) is 147 cm³/mol. The Balaban J connectivity index is 1.15. The summed E-state index contributed by atoms with van der Waals surface area (Å²) in [6.07, 6.45) is 6.69. The third kappa shape index (κ3) is 5.88. The molecular weight excluding hydrogens is 507 g/mol. The highest BCUT2D eigenvalue weighted by atomic mass is 35.5. The number of fused-ring (bicyclic) bond motifs is 1. The fourth-order valence-electron chi connectivity index (χ4n) is 4.62. The van der Waals surface area contributed by atoms with Gasteiger partial charge in [-0.2, -0.15) is 0 Å². The first-order valence-electron chi connectivity index (χ1n) is 12.5. The second-order valence-corrected chi connectivity index (χ2v) is 11.1. The molecule has 2 aliphatic rings. The summed E-state index contributed by atoms with van der Waals surface area (Å²) in [5.74, 6) is 8.76. The molecule has 1 atom stereocenters. The molecule has 1 saturated carbocycles. The summed E-state index contributed by atoms with van der Waals surface area (Å²) in [7, 11) is 0. The van der Waals surface area contributed by atoms with Gasteiger partial charge in [0.05, 0.1) is 26.2 Å². The molecule has 1 N–H and O–H groups in total. The number of likely N-dealkylation sites (tertiary alicyclic amines) is 1. The Kier molecular flexibility index (Phi) is 6.97. The van der Waals surface area contributed by atoms with Crippen LogP contribution in [0.1, 0.15) is 36.1 Å². The highest BCUT2D eigenvalue weighted by molar-refractivity contribution is 7.20. The largest absolute Gasteiger partial charge is 0.487 e. The molecule has 2 aromatic heterocycles. The molecular formula is C29H26ClFN4OS. The van der Waals surface area contributed by atoms with Gasteiger partial charge < -0.3 is 10.1 Å². The number of thiophene rings is 1. The van der Waals surface area contributed by atoms with Crippen LogP contribution in [-0.4, -0.2) is 34.0 Å². The SMILES string of the molecule is Fc1cccc(COc2ccc(Nc3ncnc4cc(C#C[C@@H]5CCCN5CC5CC5)sc34)cc2Cl)c1. The smallest absolute Gasteiger partial charge is 0.151 e. The van der Waals surface area contributed by atoms with Crippen molar-refractivity contribution < 1.29 is 9.13 Å². The fraction of sp³-hybridized carbons (Fsp3) is 0.310. The molecule has 1 aliphatic heterocycles. The topological polar surface area (TPSA) is 50.3 Å². The van der Waals surface area contributed by atoms with Crippen LogP contribution in [0.5, 0.6) is 5.75 Å². The van der Waals surface area contributed by atoms with E-state index >= 15 is 0 Å². The number of hydrogen-bond donors (Lipinski definition) is 1. The van der Waals surface area contributed by atoms with Gasteiger partial charge in [0.1, 0.15) is 24.5 Å². The highest BCUT2D eigenvalue weighted by Gasteiger charge is 2.30. The van der Waals surface area contributed by atoms with Crippen LogP contribution in [0.15, 0.2) is 54.9 Å². The molecule has 1 saturated heterocycles. The van der Waals surface area contributed by atoms with Gasteiger partial charge in [-0.05, 0) is 80.1 Å². The minimum Gasteiger partial charge on any atom is -0.487 e. The number of benzene rings is 2. The zero-order valence-electron chi connectivity index (χ0n) is 20.2. The van der Waals surface area contributed by atoms with Crippen LogP contribution >= 0.6 is 22.9 Å². The Bertz CT molecular complexity index is 1490. The summed E-state index contributed by atoms with van der Waals surface area (Å²) in [6.45, 7) is 2.59. The monoisotopic (exact) mass is 532 g/mol. The summed E-state index contributed by atoms with van der Waals surface area (Å²) in [4.78, 5) is 12.5. The first kappa shape index (κ1) is 24.2. The molecule has 0 unspecified atom stereocenters. The Labute approximate surface area is 224 Å². The zero-order valence-corrected chi connectivity index (χ0v) is 21.8. The molecule has 0 spiro atoms. The summed E-state index contributed by atoms with van der Waals surface area (Å²) in [5.41, 5.74) is 2.39. The van der Waals surface area contributed by atoms with E-state index in [-0.39, 0.29) is 12.4 Å². The van der Waals surface area contributed by atoms with Gasteiger partial charge in [0, 0.05) is 12.2 Å². The van der Waals surface area contributed by atoms with Crippen molar-refractivity contribution in [2.45, 2.75) is 38.3 Å². The number of ether oxygens (including phenoxy) is 1. The van der Waals surface area contributed by atoms with E-state index in [9.17, 15) is 4.39 Å². The highest BCUT2D eigenvalue weighted by Crippen LogP contribution is 2.34. The Morgan fingerprint density at radius 2 is 2.05 bits per heavy atom. The van der Waals surface area contributed by atoms with Gasteiger partial charge >= 0.3 is 0 Å². The maximum Gasteiger partial charge on any atom is 0.151 e. The zero-order chi connectivity index (χ0) is 25.2. The Morgan fingerprint density at radius 1 is 1.14 bits per heavy atom. The van der Waals surface area contributed by atoms with Crippen LogP contribution in [0, 0.1) is 23.6 Å². The number of anilines is 2. The third-order valence-electron chi connectivity index (χ3n) is 6.70. The van der Waals surface area contributed by atoms with Crippen molar-refractivity contribution in [2.24, 2.45) is 5.92 Å². The lowest BCUT2D eigenvalue weighted by Crippen LogP contribution is -2.30. The molecule has 0 radical (unpaired) electrons. The lowest BCUT2D eigenvalue weighted by Gasteiger charge is -2.19. The molecule has 188 valence electrons. The van der Waals surface area contributed by atoms with Crippen LogP contribution in [0.3, 0.4) is 0 Å². The second kappa shape index (κ2) is 10.7. The molecule has 2 fully saturated rings. The van der Waals surface area contributed by atoms with Crippen molar-refractivity contribution >= 4 is 44.7 Å². The number of rotatable bonds is 7. The summed E-state index contributed by atoms with van der Waals surface area (Å²) >= 11 is 8.07. The molecule has 5 nitrogen and oxygen atoms in total. The lowest BCUT2D eigenvalue weighted by atomic mass is 10.2. The standard InChI is InChI=1S/C29H26ClFN4OS/c30-25-14-22(8-11-27(25)36-17-20-3-1-4-21(31)13-20)34-29-28-26(32-18-33-29)15-24(37-28)10-9-23-5-2-12-35(23)16-19-6-7-19/h1,3-4,8,11,13-15,18-19,23H,2,5-7,12,16-17H2,(H,32,33,34)/t23-/m0/s1. The summed E-state index contributed by atoms with van der Waals surface area (Å²) in [5, 5.41) is 3.81. The minimum atomic E-state index is -0.292. The fourth-order valence-corrected chi connectivity index (χ4v) is 5.77. The summed E-state index contributed by atoms with van der Waals surface area (Å²) < 4.78 is 20.2. The van der Waals surface area contributed by atoms with E-state index < -0.39 is 0 Å². The number of aromatic nitrogens is 2. The van der Waals surface area contributed by atoms with E-state index in [1.165, 1.54) is 44.5 Å². The van der Waals surface area contributed by atoms with Crippen LogP contribution in [0.2, 0.25) is 5.02 Å². The van der Waals surface area contributed by atoms with Crippen molar-refractivity contribution in [1.29, 1.82) is 0 Å². The number of halogens is 2. The summed E-state index contributed by atoms with van der Waals surface area (Å²) in [6, 6.07) is 14.2. The van der Waals surface area contributed by atoms with Gasteiger partial charge in [-0.25, -0.2) is 14.4 Å². The molecule has 0 amide bonds. The van der Waals surface area contributed by atoms with Crippen LogP contribution in [-0.2, 0) is 6.61 Å². The maximum atomic E-state index is 13.4. The molecule has 2 aromatic carbocycles. The number of nitrogens with one attached hydrogen (secondary N) is 1. The van der Waals surface area contributed by atoms with E-state index in [2.05, 4.69) is 32.0 Å². The van der Waals surface area contributed by atoms with E-state index in [0.717, 1.165) is 38.7 Å². The molecule has 4 aromatic rings. The van der Waals surface area contributed by atoms with Gasteiger partial charge in [-0.3, -0.25) is 4.90 Å². The number of hydrogen-bond acceptors (Lipinski definition) is 6. The van der Waals surface area contributed by atoms with E-state index in [1.54, 1.807) is 35.9 Å². The van der Waals surface area contributed by atoms with Gasteiger partial charge in [0.15, 0.2) is 5.82 Å². The van der Waals surface area contributed by atoms with Gasteiger partial charge in [0.2, 0.25) is 0 Å². The first-order valence-corrected chi connectivity index (χ1v) is 13.7. The van der Waals surface area contributed by atoms with Crippen molar-refractivity contribution in [3.63, 3.8) is 0 Å². The van der Waals surface area contributed by atoms with Crippen molar-refractivity contribution in [3.05, 3.63) is 76.1 Å². The Morgan fingerprint density at radius 3 is 2.89 bits per heavy atom. The maximum absolute atomic E-state index is 13.4. The van der Waals surface area contributed by atoms with E-state index in [0.29, 0.717) is 22.6 Å². The van der Waals surface area contributed by atoms with E-state index in [1.807, 2.05) is 18.2 Å². The molecule has 0 bridgehead atoms. The van der Waals surface area contributed by atoms with E-state index in [4.69, 9.17) is 16.3 Å². The normalized spacial score (nSPS) is 17.5. The minimum absolute atomic E-state index is 0.231. The molecule has 6 rings (SSSR count). The molecule has 8 heteroatoms. The van der Waals surface area contributed by atoms with Crippen molar-refractivity contribution in [2.75, 3.05) is 18.4 Å². The quantitative estimate of drug-likeness (QED) is 0.259. The molecule has 37 heavy (non-hydrogen) atoms. The second-order valence-electron chi connectivity index (χ2n) is 9.60. The first-order chi connectivity index (χ1) is 18.1. The third-order valence-corrected chi connectivity index (χ3v) is 8.05. The molecule has 3 heterocycles. The number of nitrogens with zero attached hydrogens (tertiary/aromatic N) is 3. The Hall–Kier alpha value is -3.18. The van der Waals surface area contributed by atoms with Crippen LogP contribution < -0.4 is 10.1 Å².